The molecule has 0 saturated carbocycles. The average molecular weight is 246 g/mol. The van der Waals surface area contributed by atoms with Crippen LogP contribution < -0.4 is 5.73 Å². The number of hydrogen-bond acceptors (Lipinski definition) is 2. The first kappa shape index (κ1) is 13.6. The van der Waals surface area contributed by atoms with E-state index in [1.54, 1.807) is 0 Å². The van der Waals surface area contributed by atoms with Crippen LogP contribution in [0.3, 0.4) is 0 Å². The first-order valence-corrected chi connectivity index (χ1v) is 7.27. The van der Waals surface area contributed by atoms with Gasteiger partial charge in [0.25, 0.3) is 0 Å². The van der Waals surface area contributed by atoms with Gasteiger partial charge in [-0.1, -0.05) is 37.3 Å². The molecule has 0 aromatic heterocycles. The molecule has 18 heavy (non-hydrogen) atoms. The van der Waals surface area contributed by atoms with E-state index in [1.807, 2.05) is 0 Å². The molecule has 2 nitrogen and oxygen atoms in total. The van der Waals surface area contributed by atoms with Crippen molar-refractivity contribution in [2.75, 3.05) is 19.6 Å². The van der Waals surface area contributed by atoms with Crippen molar-refractivity contribution in [2.24, 2.45) is 11.7 Å². The van der Waals surface area contributed by atoms with Crippen molar-refractivity contribution in [3.63, 3.8) is 0 Å². The Kier molecular flexibility index (Phi) is 5.21. The van der Waals surface area contributed by atoms with Crippen LogP contribution in [0.15, 0.2) is 30.3 Å². The summed E-state index contributed by atoms with van der Waals surface area (Å²) in [5, 5.41) is 0. The average Bonchev–Trinajstić information content (AvgIpc) is 2.62. The Balaban J connectivity index is 1.95. The summed E-state index contributed by atoms with van der Waals surface area (Å²) in [5.41, 5.74) is 7.40. The largest absolute Gasteiger partial charge is 0.329 e. The highest BCUT2D eigenvalue weighted by Crippen LogP contribution is 2.19. The maximum atomic E-state index is 6.00. The van der Waals surface area contributed by atoms with Gasteiger partial charge in [0.05, 0.1) is 0 Å². The van der Waals surface area contributed by atoms with Crippen molar-refractivity contribution in [3.8, 4) is 0 Å². The summed E-state index contributed by atoms with van der Waals surface area (Å²) in [4.78, 5) is 2.61. The van der Waals surface area contributed by atoms with Gasteiger partial charge in [-0.2, -0.15) is 0 Å². The monoisotopic (exact) mass is 246 g/mol. The highest BCUT2D eigenvalue weighted by Gasteiger charge is 2.20. The molecule has 2 atom stereocenters. The second-order valence-corrected chi connectivity index (χ2v) is 5.65. The summed E-state index contributed by atoms with van der Waals surface area (Å²) in [6, 6.07) is 11.2. The van der Waals surface area contributed by atoms with E-state index in [0.29, 0.717) is 6.04 Å². The highest BCUT2D eigenvalue weighted by atomic mass is 15.2. The predicted octanol–water partition coefficient (Wildman–Crippen LogP) is 2.68. The van der Waals surface area contributed by atoms with Crippen LogP contribution in [0.5, 0.6) is 0 Å². The lowest BCUT2D eigenvalue weighted by molar-refractivity contribution is 0.204. The molecule has 1 saturated heterocycles. The predicted molar refractivity (Wildman–Crippen MR) is 77.6 cm³/mol. The minimum atomic E-state index is 0.512. The van der Waals surface area contributed by atoms with Crippen LogP contribution in [0.2, 0.25) is 0 Å². The van der Waals surface area contributed by atoms with Crippen molar-refractivity contribution in [1.82, 2.24) is 4.90 Å². The van der Waals surface area contributed by atoms with E-state index in [0.717, 1.165) is 18.9 Å². The molecular formula is C16H26N2. The molecule has 0 bridgehead atoms. The fourth-order valence-corrected chi connectivity index (χ4v) is 2.90. The molecular weight excluding hydrogens is 220 g/mol. The standard InChI is InChI=1S/C16H26N2/c1-14-6-5-10-18(11-9-14)16(13-17)12-15-7-3-2-4-8-15/h2-4,7-8,14,16H,5-6,9-13,17H2,1H3. The zero-order valence-corrected chi connectivity index (χ0v) is 11.5. The molecule has 2 N–H and O–H groups in total. The van der Waals surface area contributed by atoms with Gasteiger partial charge in [-0.3, -0.25) is 4.90 Å². The van der Waals surface area contributed by atoms with E-state index in [1.165, 1.54) is 37.9 Å². The van der Waals surface area contributed by atoms with Crippen LogP contribution in [0.4, 0.5) is 0 Å². The molecule has 1 aliphatic heterocycles. The number of benzene rings is 1. The van der Waals surface area contributed by atoms with E-state index in [2.05, 4.69) is 42.2 Å². The van der Waals surface area contributed by atoms with Crippen molar-refractivity contribution < 1.29 is 0 Å². The summed E-state index contributed by atoms with van der Waals surface area (Å²) in [6.07, 6.45) is 5.11. The maximum absolute atomic E-state index is 6.00. The van der Waals surface area contributed by atoms with E-state index in [9.17, 15) is 0 Å². The van der Waals surface area contributed by atoms with E-state index < -0.39 is 0 Å². The highest BCUT2D eigenvalue weighted by molar-refractivity contribution is 5.16. The van der Waals surface area contributed by atoms with Gasteiger partial charge >= 0.3 is 0 Å². The zero-order valence-electron chi connectivity index (χ0n) is 11.5. The van der Waals surface area contributed by atoms with Crippen LogP contribution in [0, 0.1) is 5.92 Å². The van der Waals surface area contributed by atoms with E-state index in [4.69, 9.17) is 5.73 Å². The normalized spacial score (nSPS) is 23.6. The Morgan fingerprint density at radius 3 is 2.72 bits per heavy atom. The Bertz CT molecular complexity index is 336. The summed E-state index contributed by atoms with van der Waals surface area (Å²) in [5.74, 6) is 0.880. The summed E-state index contributed by atoms with van der Waals surface area (Å²) in [6.45, 7) is 5.58. The fraction of sp³-hybridized carbons (Fsp3) is 0.625. The fourth-order valence-electron chi connectivity index (χ4n) is 2.90. The minimum Gasteiger partial charge on any atom is -0.329 e. The lowest BCUT2D eigenvalue weighted by Crippen LogP contribution is -2.42. The third-order valence-electron chi connectivity index (χ3n) is 4.15. The lowest BCUT2D eigenvalue weighted by atomic mass is 10.0. The number of likely N-dealkylation sites (tertiary alicyclic amines) is 1. The first-order chi connectivity index (χ1) is 8.79. The molecule has 1 heterocycles. The molecule has 2 heteroatoms. The molecule has 1 aromatic carbocycles. The van der Waals surface area contributed by atoms with Crippen molar-refractivity contribution in [1.29, 1.82) is 0 Å². The van der Waals surface area contributed by atoms with Gasteiger partial charge in [-0.15, -0.1) is 0 Å². The van der Waals surface area contributed by atoms with Gasteiger partial charge < -0.3 is 5.73 Å². The quantitative estimate of drug-likeness (QED) is 0.885. The second-order valence-electron chi connectivity index (χ2n) is 5.65. The van der Waals surface area contributed by atoms with Crippen LogP contribution in [-0.2, 0) is 6.42 Å². The third-order valence-corrected chi connectivity index (χ3v) is 4.15. The Morgan fingerprint density at radius 2 is 2.00 bits per heavy atom. The molecule has 0 spiro atoms. The van der Waals surface area contributed by atoms with Gasteiger partial charge in [-0.05, 0) is 50.3 Å². The number of hydrogen-bond donors (Lipinski definition) is 1. The topological polar surface area (TPSA) is 29.3 Å². The second kappa shape index (κ2) is 6.91. The summed E-state index contributed by atoms with van der Waals surface area (Å²) in [7, 11) is 0. The minimum absolute atomic E-state index is 0.512. The van der Waals surface area contributed by atoms with Crippen molar-refractivity contribution in [3.05, 3.63) is 35.9 Å². The molecule has 0 aliphatic carbocycles. The molecule has 2 unspecified atom stereocenters. The first-order valence-electron chi connectivity index (χ1n) is 7.27. The van der Waals surface area contributed by atoms with Crippen LogP contribution >= 0.6 is 0 Å². The molecule has 1 aliphatic rings. The Hall–Kier alpha value is -0.860. The summed E-state index contributed by atoms with van der Waals surface area (Å²) >= 11 is 0. The van der Waals surface area contributed by atoms with Crippen LogP contribution in [0.1, 0.15) is 31.7 Å². The van der Waals surface area contributed by atoms with Gasteiger partial charge in [0, 0.05) is 12.6 Å². The molecule has 1 aromatic rings. The maximum Gasteiger partial charge on any atom is 0.0258 e. The van der Waals surface area contributed by atoms with E-state index in [-0.39, 0.29) is 0 Å². The smallest absolute Gasteiger partial charge is 0.0258 e. The number of rotatable bonds is 4. The molecule has 0 radical (unpaired) electrons. The molecule has 1 fully saturated rings. The van der Waals surface area contributed by atoms with Crippen molar-refractivity contribution in [2.45, 2.75) is 38.6 Å². The Morgan fingerprint density at radius 1 is 1.22 bits per heavy atom. The van der Waals surface area contributed by atoms with Crippen LogP contribution in [0.25, 0.3) is 0 Å². The van der Waals surface area contributed by atoms with Gasteiger partial charge in [0.1, 0.15) is 0 Å². The van der Waals surface area contributed by atoms with Gasteiger partial charge in [-0.25, -0.2) is 0 Å². The zero-order chi connectivity index (χ0) is 12.8. The SMILES string of the molecule is CC1CCCN(C(CN)Cc2ccccc2)CC1. The van der Waals surface area contributed by atoms with Gasteiger partial charge in [0.15, 0.2) is 0 Å². The number of nitrogens with zero attached hydrogens (tertiary/aromatic N) is 1. The van der Waals surface area contributed by atoms with E-state index >= 15 is 0 Å². The molecule has 0 amide bonds. The molecule has 2 rings (SSSR count). The van der Waals surface area contributed by atoms with Crippen molar-refractivity contribution >= 4 is 0 Å². The Labute approximate surface area is 111 Å². The lowest BCUT2D eigenvalue weighted by Gasteiger charge is -2.29. The summed E-state index contributed by atoms with van der Waals surface area (Å²) < 4.78 is 0. The number of nitrogens with two attached hydrogens (primary N) is 1. The van der Waals surface area contributed by atoms with Gasteiger partial charge in [0.2, 0.25) is 0 Å². The molecule has 100 valence electrons. The third kappa shape index (κ3) is 3.82. The van der Waals surface area contributed by atoms with Crippen LogP contribution in [-0.4, -0.2) is 30.6 Å².